The van der Waals surface area contributed by atoms with Crippen molar-refractivity contribution in [2.45, 2.75) is 37.6 Å². The van der Waals surface area contributed by atoms with Crippen LogP contribution in [0.4, 0.5) is 0 Å². The van der Waals surface area contributed by atoms with E-state index in [0.29, 0.717) is 6.04 Å². The molecule has 2 rings (SSSR count). The molecule has 2 nitrogen and oxygen atoms in total. The lowest BCUT2D eigenvalue weighted by Crippen LogP contribution is -2.48. The maximum atomic E-state index is 11.9. The summed E-state index contributed by atoms with van der Waals surface area (Å²) < 4.78 is 11.9. The zero-order chi connectivity index (χ0) is 10.8. The van der Waals surface area contributed by atoms with Gasteiger partial charge in [0.2, 0.25) is 0 Å². The third-order valence-corrected chi connectivity index (χ3v) is 5.80. The van der Waals surface area contributed by atoms with Crippen LogP contribution in [0.3, 0.4) is 0 Å². The summed E-state index contributed by atoms with van der Waals surface area (Å²) in [5.41, 5.74) is 0. The van der Waals surface area contributed by atoms with Crippen molar-refractivity contribution in [2.75, 3.05) is 5.75 Å². The van der Waals surface area contributed by atoms with Gasteiger partial charge in [-0.1, -0.05) is 13.0 Å². The fourth-order valence-electron chi connectivity index (χ4n) is 1.96. The molecule has 0 aromatic carbocycles. The second kappa shape index (κ2) is 4.76. The van der Waals surface area contributed by atoms with E-state index in [9.17, 15) is 4.21 Å². The van der Waals surface area contributed by atoms with Crippen LogP contribution < -0.4 is 5.32 Å². The Balaban J connectivity index is 2.19. The highest BCUT2D eigenvalue weighted by Gasteiger charge is 2.32. The topological polar surface area (TPSA) is 29.1 Å². The Kier molecular flexibility index (Phi) is 3.59. The number of thiophene rings is 1. The Morgan fingerprint density at radius 1 is 1.67 bits per heavy atom. The SMILES string of the molecule is CCC1CS(=O)C(C)C(c2cccs2)N1. The van der Waals surface area contributed by atoms with Gasteiger partial charge in [-0.25, -0.2) is 0 Å². The molecule has 4 heteroatoms. The molecule has 1 aliphatic rings. The first-order valence-electron chi connectivity index (χ1n) is 5.39. The average molecular weight is 243 g/mol. The summed E-state index contributed by atoms with van der Waals surface area (Å²) in [6, 6.07) is 4.89. The van der Waals surface area contributed by atoms with E-state index in [-0.39, 0.29) is 11.3 Å². The molecule has 1 saturated heterocycles. The molecule has 1 aliphatic heterocycles. The first-order chi connectivity index (χ1) is 7.22. The van der Waals surface area contributed by atoms with E-state index in [0.717, 1.165) is 12.2 Å². The molecule has 0 radical (unpaired) electrons. The number of rotatable bonds is 2. The number of nitrogens with one attached hydrogen (secondary N) is 1. The van der Waals surface area contributed by atoms with E-state index < -0.39 is 10.8 Å². The Morgan fingerprint density at radius 2 is 2.47 bits per heavy atom. The van der Waals surface area contributed by atoms with E-state index >= 15 is 0 Å². The van der Waals surface area contributed by atoms with Crippen LogP contribution >= 0.6 is 11.3 Å². The molecule has 4 unspecified atom stereocenters. The molecule has 0 aliphatic carbocycles. The second-order valence-corrected chi connectivity index (χ2v) is 6.84. The van der Waals surface area contributed by atoms with E-state index in [2.05, 4.69) is 36.7 Å². The van der Waals surface area contributed by atoms with E-state index in [4.69, 9.17) is 0 Å². The van der Waals surface area contributed by atoms with Crippen LogP contribution in [0.15, 0.2) is 17.5 Å². The quantitative estimate of drug-likeness (QED) is 0.863. The fraction of sp³-hybridized carbons (Fsp3) is 0.636. The highest BCUT2D eigenvalue weighted by atomic mass is 32.2. The molecule has 1 fully saturated rings. The summed E-state index contributed by atoms with van der Waals surface area (Å²) in [7, 11) is -0.685. The molecule has 0 amide bonds. The van der Waals surface area contributed by atoms with Crippen molar-refractivity contribution in [2.24, 2.45) is 0 Å². The lowest BCUT2D eigenvalue weighted by molar-refractivity contribution is 0.425. The van der Waals surface area contributed by atoms with Crippen molar-refractivity contribution < 1.29 is 4.21 Å². The molecule has 1 aromatic rings. The van der Waals surface area contributed by atoms with Crippen LogP contribution in [0.5, 0.6) is 0 Å². The Bertz CT molecular complexity index is 336. The molecule has 1 aromatic heterocycles. The summed E-state index contributed by atoms with van der Waals surface area (Å²) in [5.74, 6) is 0.805. The van der Waals surface area contributed by atoms with Gasteiger partial charge < -0.3 is 5.32 Å². The Hall–Kier alpha value is -0.190. The Labute approximate surface area is 97.5 Å². The third-order valence-electron chi connectivity index (χ3n) is 3.01. The highest BCUT2D eigenvalue weighted by molar-refractivity contribution is 7.85. The average Bonchev–Trinajstić information content (AvgIpc) is 2.75. The maximum Gasteiger partial charge on any atom is 0.0560 e. The van der Waals surface area contributed by atoms with Crippen LogP contribution in [0, 0.1) is 0 Å². The molecule has 2 heterocycles. The Morgan fingerprint density at radius 3 is 3.07 bits per heavy atom. The van der Waals surface area contributed by atoms with Crippen LogP contribution in [0.2, 0.25) is 0 Å². The summed E-state index contributed by atoms with van der Waals surface area (Å²) in [5, 5.41) is 5.92. The van der Waals surface area contributed by atoms with Gasteiger partial charge in [-0.2, -0.15) is 0 Å². The predicted octanol–water partition coefficient (Wildman–Crippen LogP) is 2.31. The molecule has 0 bridgehead atoms. The van der Waals surface area contributed by atoms with Gasteiger partial charge in [0.25, 0.3) is 0 Å². The first kappa shape index (κ1) is 11.3. The molecule has 4 atom stereocenters. The molecule has 15 heavy (non-hydrogen) atoms. The minimum Gasteiger partial charge on any atom is -0.305 e. The summed E-state index contributed by atoms with van der Waals surface area (Å²) in [6.45, 7) is 4.23. The van der Waals surface area contributed by atoms with Crippen molar-refractivity contribution in [1.29, 1.82) is 0 Å². The molecule has 84 valence electrons. The van der Waals surface area contributed by atoms with Crippen LogP contribution in [0.1, 0.15) is 31.2 Å². The van der Waals surface area contributed by atoms with Gasteiger partial charge in [-0.3, -0.25) is 4.21 Å². The number of hydrogen-bond acceptors (Lipinski definition) is 3. The van der Waals surface area contributed by atoms with Crippen molar-refractivity contribution in [3.8, 4) is 0 Å². The van der Waals surface area contributed by atoms with E-state index in [1.54, 1.807) is 11.3 Å². The van der Waals surface area contributed by atoms with E-state index in [1.807, 2.05) is 0 Å². The summed E-state index contributed by atoms with van der Waals surface area (Å²) >= 11 is 1.75. The molecule has 0 saturated carbocycles. The lowest BCUT2D eigenvalue weighted by atomic mass is 10.1. The normalized spacial score (nSPS) is 36.7. The summed E-state index contributed by atoms with van der Waals surface area (Å²) in [6.07, 6.45) is 1.06. The monoisotopic (exact) mass is 243 g/mol. The van der Waals surface area contributed by atoms with E-state index in [1.165, 1.54) is 4.88 Å². The molecular formula is C11H17NOS2. The largest absolute Gasteiger partial charge is 0.305 e. The van der Waals surface area contributed by atoms with Crippen molar-refractivity contribution in [3.63, 3.8) is 0 Å². The zero-order valence-corrected chi connectivity index (χ0v) is 10.7. The van der Waals surface area contributed by atoms with Gasteiger partial charge >= 0.3 is 0 Å². The first-order valence-corrected chi connectivity index (χ1v) is 7.65. The van der Waals surface area contributed by atoms with Gasteiger partial charge in [0.1, 0.15) is 0 Å². The maximum absolute atomic E-state index is 11.9. The third kappa shape index (κ3) is 2.32. The highest BCUT2D eigenvalue weighted by Crippen LogP contribution is 2.29. The molecular weight excluding hydrogens is 226 g/mol. The van der Waals surface area contributed by atoms with Crippen LogP contribution in [-0.2, 0) is 10.8 Å². The predicted molar refractivity (Wildman–Crippen MR) is 66.7 cm³/mol. The van der Waals surface area contributed by atoms with Crippen molar-refractivity contribution >= 4 is 22.1 Å². The minimum atomic E-state index is -0.685. The van der Waals surface area contributed by atoms with Crippen LogP contribution in [-0.4, -0.2) is 21.3 Å². The summed E-state index contributed by atoms with van der Waals surface area (Å²) in [4.78, 5) is 1.31. The van der Waals surface area contributed by atoms with Gasteiger partial charge in [0, 0.05) is 27.5 Å². The molecule has 0 spiro atoms. The van der Waals surface area contributed by atoms with Crippen molar-refractivity contribution in [3.05, 3.63) is 22.4 Å². The minimum absolute atomic E-state index is 0.228. The fourth-order valence-corrected chi connectivity index (χ4v) is 4.49. The van der Waals surface area contributed by atoms with Gasteiger partial charge in [-0.15, -0.1) is 11.3 Å². The zero-order valence-electron chi connectivity index (χ0n) is 9.10. The van der Waals surface area contributed by atoms with Gasteiger partial charge in [0.05, 0.1) is 11.3 Å². The standard InChI is InChI=1S/C11H17NOS2/c1-3-9-7-15(13)8(2)11(12-9)10-5-4-6-14-10/h4-6,8-9,11-12H,3,7H2,1-2H3. The van der Waals surface area contributed by atoms with Crippen LogP contribution in [0.25, 0.3) is 0 Å². The lowest BCUT2D eigenvalue weighted by Gasteiger charge is -2.34. The number of hydrogen-bond donors (Lipinski definition) is 1. The molecule has 1 N–H and O–H groups in total. The second-order valence-electron chi connectivity index (χ2n) is 4.02. The van der Waals surface area contributed by atoms with Gasteiger partial charge in [-0.05, 0) is 24.8 Å². The van der Waals surface area contributed by atoms with Gasteiger partial charge in [0.15, 0.2) is 0 Å². The van der Waals surface area contributed by atoms with Crippen molar-refractivity contribution in [1.82, 2.24) is 5.32 Å². The smallest absolute Gasteiger partial charge is 0.0560 e.